The van der Waals surface area contributed by atoms with E-state index in [9.17, 15) is 4.79 Å². The molecule has 2 aromatic carbocycles. The molecule has 0 aliphatic heterocycles. The minimum Gasteiger partial charge on any atom is -0.366 e. The van der Waals surface area contributed by atoms with Crippen molar-refractivity contribution in [1.82, 2.24) is 10.6 Å². The van der Waals surface area contributed by atoms with Crippen molar-refractivity contribution >= 4 is 11.9 Å². The van der Waals surface area contributed by atoms with Gasteiger partial charge in [0.25, 0.3) is 0 Å². The number of hydrogen-bond donors (Lipinski definition) is 3. The number of nitrogens with two attached hydrogens (primary N) is 1. The molecule has 0 aliphatic carbocycles. The predicted octanol–water partition coefficient (Wildman–Crippen LogP) is 2.99. The minimum atomic E-state index is -0.421. The molecule has 5 heteroatoms. The zero-order valence-electron chi connectivity index (χ0n) is 16.7. The summed E-state index contributed by atoms with van der Waals surface area (Å²) in [6, 6.07) is 16.1. The highest BCUT2D eigenvalue weighted by atomic mass is 16.1. The fraction of sp³-hybridized carbons (Fsp3) is 0.364. The second kappa shape index (κ2) is 9.21. The third kappa shape index (κ3) is 5.84. The zero-order valence-corrected chi connectivity index (χ0v) is 16.7. The van der Waals surface area contributed by atoms with Crippen LogP contribution in [0, 0.1) is 0 Å². The summed E-state index contributed by atoms with van der Waals surface area (Å²) in [4.78, 5) is 15.6. The number of hydrogen-bond acceptors (Lipinski definition) is 2. The highest BCUT2D eigenvalue weighted by molar-refractivity contribution is 5.92. The SMILES string of the molecule is CCc1ccc(C(C)(C)CNC(=NC)NCc2cccc(C(N)=O)c2)cc1. The predicted molar refractivity (Wildman–Crippen MR) is 112 cm³/mol. The van der Waals surface area contributed by atoms with Gasteiger partial charge in [-0.15, -0.1) is 0 Å². The summed E-state index contributed by atoms with van der Waals surface area (Å²) in [5.41, 5.74) is 9.42. The van der Waals surface area contributed by atoms with Crippen LogP contribution >= 0.6 is 0 Å². The molecule has 0 heterocycles. The maximum atomic E-state index is 11.3. The van der Waals surface area contributed by atoms with Crippen LogP contribution in [-0.4, -0.2) is 25.5 Å². The van der Waals surface area contributed by atoms with Gasteiger partial charge in [-0.05, 0) is 35.2 Å². The van der Waals surface area contributed by atoms with Crippen molar-refractivity contribution in [2.24, 2.45) is 10.7 Å². The fourth-order valence-corrected chi connectivity index (χ4v) is 2.84. The van der Waals surface area contributed by atoms with Crippen LogP contribution in [0.2, 0.25) is 0 Å². The number of rotatable bonds is 7. The fourth-order valence-electron chi connectivity index (χ4n) is 2.84. The molecule has 5 nitrogen and oxygen atoms in total. The van der Waals surface area contributed by atoms with Gasteiger partial charge in [0.1, 0.15) is 0 Å². The number of amides is 1. The molecule has 0 spiro atoms. The van der Waals surface area contributed by atoms with Gasteiger partial charge in [0, 0.05) is 31.1 Å². The molecule has 27 heavy (non-hydrogen) atoms. The Morgan fingerprint density at radius 3 is 2.37 bits per heavy atom. The van der Waals surface area contributed by atoms with Crippen LogP contribution in [0.5, 0.6) is 0 Å². The van der Waals surface area contributed by atoms with Crippen molar-refractivity contribution in [1.29, 1.82) is 0 Å². The highest BCUT2D eigenvalue weighted by Gasteiger charge is 2.20. The summed E-state index contributed by atoms with van der Waals surface area (Å²) < 4.78 is 0. The molecule has 0 aromatic heterocycles. The van der Waals surface area contributed by atoms with Crippen LogP contribution in [0.3, 0.4) is 0 Å². The van der Waals surface area contributed by atoms with E-state index in [0.29, 0.717) is 12.1 Å². The molecule has 4 N–H and O–H groups in total. The Morgan fingerprint density at radius 2 is 1.78 bits per heavy atom. The van der Waals surface area contributed by atoms with E-state index in [-0.39, 0.29) is 5.41 Å². The molecular weight excluding hydrogens is 336 g/mol. The molecule has 0 aliphatic rings. The number of aliphatic imine (C=N–C) groups is 1. The van der Waals surface area contributed by atoms with Gasteiger partial charge in [-0.3, -0.25) is 9.79 Å². The summed E-state index contributed by atoms with van der Waals surface area (Å²) in [7, 11) is 1.75. The first kappa shape index (κ1) is 20.5. The first-order valence-corrected chi connectivity index (χ1v) is 9.28. The van der Waals surface area contributed by atoms with Gasteiger partial charge in [0.05, 0.1) is 0 Å². The third-order valence-corrected chi connectivity index (χ3v) is 4.74. The Morgan fingerprint density at radius 1 is 1.07 bits per heavy atom. The van der Waals surface area contributed by atoms with Crippen molar-refractivity contribution in [3.63, 3.8) is 0 Å². The van der Waals surface area contributed by atoms with Gasteiger partial charge < -0.3 is 16.4 Å². The maximum Gasteiger partial charge on any atom is 0.248 e. The van der Waals surface area contributed by atoms with E-state index in [1.165, 1.54) is 11.1 Å². The lowest BCUT2D eigenvalue weighted by Crippen LogP contribution is -2.43. The largest absolute Gasteiger partial charge is 0.366 e. The van der Waals surface area contributed by atoms with Gasteiger partial charge in [0.2, 0.25) is 5.91 Å². The maximum absolute atomic E-state index is 11.3. The molecule has 0 bridgehead atoms. The van der Waals surface area contributed by atoms with E-state index < -0.39 is 5.91 Å². The summed E-state index contributed by atoms with van der Waals surface area (Å²) in [5, 5.41) is 6.67. The lowest BCUT2D eigenvalue weighted by atomic mass is 9.84. The number of benzene rings is 2. The molecular formula is C22H30N4O. The second-order valence-corrected chi connectivity index (χ2v) is 7.28. The van der Waals surface area contributed by atoms with Crippen molar-refractivity contribution in [3.05, 3.63) is 70.8 Å². The molecule has 0 atom stereocenters. The van der Waals surface area contributed by atoms with Gasteiger partial charge in [-0.25, -0.2) is 0 Å². The summed E-state index contributed by atoms with van der Waals surface area (Å²) in [5.74, 6) is 0.299. The Hall–Kier alpha value is -2.82. The number of carbonyl (C=O) groups excluding carboxylic acids is 1. The average molecular weight is 367 g/mol. The number of nitrogens with one attached hydrogen (secondary N) is 2. The lowest BCUT2D eigenvalue weighted by molar-refractivity contribution is 0.1000. The highest BCUT2D eigenvalue weighted by Crippen LogP contribution is 2.22. The van der Waals surface area contributed by atoms with Gasteiger partial charge in [-0.1, -0.05) is 57.2 Å². The van der Waals surface area contributed by atoms with E-state index in [1.54, 1.807) is 19.2 Å². The topological polar surface area (TPSA) is 79.5 Å². The third-order valence-electron chi connectivity index (χ3n) is 4.74. The average Bonchev–Trinajstić information content (AvgIpc) is 2.68. The Kier molecular flexibility index (Phi) is 6.99. The van der Waals surface area contributed by atoms with Gasteiger partial charge in [-0.2, -0.15) is 0 Å². The van der Waals surface area contributed by atoms with Gasteiger partial charge >= 0.3 is 0 Å². The number of aryl methyl sites for hydroxylation is 1. The van der Waals surface area contributed by atoms with Crippen LogP contribution in [-0.2, 0) is 18.4 Å². The summed E-state index contributed by atoms with van der Waals surface area (Å²) in [6.45, 7) is 7.90. The van der Waals surface area contributed by atoms with Crippen LogP contribution < -0.4 is 16.4 Å². The quantitative estimate of drug-likeness (QED) is 0.521. The molecule has 2 rings (SSSR count). The Balaban J connectivity index is 1.94. The molecule has 0 fully saturated rings. The van der Waals surface area contributed by atoms with Crippen LogP contribution in [0.4, 0.5) is 0 Å². The van der Waals surface area contributed by atoms with Crippen molar-refractivity contribution in [2.75, 3.05) is 13.6 Å². The number of nitrogens with zero attached hydrogens (tertiary/aromatic N) is 1. The van der Waals surface area contributed by atoms with Crippen molar-refractivity contribution in [2.45, 2.75) is 39.2 Å². The van der Waals surface area contributed by atoms with Crippen LogP contribution in [0.15, 0.2) is 53.5 Å². The summed E-state index contributed by atoms with van der Waals surface area (Å²) >= 11 is 0. The molecule has 2 aromatic rings. The van der Waals surface area contributed by atoms with E-state index in [2.05, 4.69) is 60.7 Å². The molecule has 1 amide bonds. The number of carbonyl (C=O) groups is 1. The normalized spacial score (nSPS) is 11.9. The minimum absolute atomic E-state index is 0.0320. The van der Waals surface area contributed by atoms with E-state index in [4.69, 9.17) is 5.73 Å². The van der Waals surface area contributed by atoms with E-state index in [0.717, 1.165) is 24.5 Å². The first-order chi connectivity index (χ1) is 12.9. The molecule has 0 saturated heterocycles. The van der Waals surface area contributed by atoms with Crippen LogP contribution in [0.1, 0.15) is 47.8 Å². The molecule has 144 valence electrons. The number of guanidine groups is 1. The van der Waals surface area contributed by atoms with Crippen LogP contribution in [0.25, 0.3) is 0 Å². The molecule has 0 radical (unpaired) electrons. The first-order valence-electron chi connectivity index (χ1n) is 9.28. The van der Waals surface area contributed by atoms with E-state index in [1.807, 2.05) is 12.1 Å². The standard InChI is InChI=1S/C22H30N4O/c1-5-16-9-11-19(12-10-16)22(2,3)15-26-21(24-4)25-14-17-7-6-8-18(13-17)20(23)27/h6-13H,5,14-15H2,1-4H3,(H2,23,27)(H2,24,25,26). The zero-order chi connectivity index (χ0) is 19.9. The van der Waals surface area contributed by atoms with Crippen molar-refractivity contribution in [3.8, 4) is 0 Å². The smallest absolute Gasteiger partial charge is 0.248 e. The van der Waals surface area contributed by atoms with Crippen molar-refractivity contribution < 1.29 is 4.79 Å². The second-order valence-electron chi connectivity index (χ2n) is 7.28. The summed E-state index contributed by atoms with van der Waals surface area (Å²) in [6.07, 6.45) is 1.05. The van der Waals surface area contributed by atoms with Gasteiger partial charge in [0.15, 0.2) is 5.96 Å². The Bertz CT molecular complexity index is 794. The van der Waals surface area contributed by atoms with E-state index >= 15 is 0 Å². The Labute approximate surface area is 162 Å². The number of primary amides is 1. The molecule has 0 saturated carbocycles. The molecule has 0 unspecified atom stereocenters. The monoisotopic (exact) mass is 366 g/mol. The lowest BCUT2D eigenvalue weighted by Gasteiger charge is -2.27.